The van der Waals surface area contributed by atoms with E-state index >= 15 is 0 Å². The van der Waals surface area contributed by atoms with Crippen LogP contribution in [0, 0.1) is 6.92 Å². The highest BCUT2D eigenvalue weighted by Crippen LogP contribution is 2.17. The van der Waals surface area contributed by atoms with Gasteiger partial charge in [-0.05, 0) is 18.5 Å². The molecule has 1 heterocycles. The highest BCUT2D eigenvalue weighted by molar-refractivity contribution is 7.99. The number of azide groups is 1. The molecule has 0 amide bonds. The molecular weight excluding hydrogens is 186 g/mol. The van der Waals surface area contributed by atoms with E-state index in [9.17, 15) is 0 Å². The minimum Gasteiger partial charge on any atom is -0.262 e. The number of hydrogen-bond donors (Lipinski definition) is 0. The van der Waals surface area contributed by atoms with Crippen molar-refractivity contribution in [2.24, 2.45) is 12.2 Å². The molecule has 6 heteroatoms. The van der Waals surface area contributed by atoms with Gasteiger partial charge in [0, 0.05) is 24.3 Å². The molecular formula is C7H11N5S. The van der Waals surface area contributed by atoms with Crippen molar-refractivity contribution in [3.05, 3.63) is 22.2 Å². The fourth-order valence-corrected chi connectivity index (χ4v) is 1.82. The van der Waals surface area contributed by atoms with E-state index in [1.54, 1.807) is 11.8 Å². The van der Waals surface area contributed by atoms with E-state index in [2.05, 4.69) is 15.1 Å². The van der Waals surface area contributed by atoms with Crippen molar-refractivity contribution in [1.29, 1.82) is 0 Å². The Kier molecular flexibility index (Phi) is 3.67. The number of hydrogen-bond acceptors (Lipinski definition) is 3. The van der Waals surface area contributed by atoms with Crippen LogP contribution < -0.4 is 0 Å². The van der Waals surface area contributed by atoms with Crippen LogP contribution in [0.15, 0.2) is 16.2 Å². The summed E-state index contributed by atoms with van der Waals surface area (Å²) in [6, 6.07) is 2.01. The smallest absolute Gasteiger partial charge is 0.0939 e. The molecule has 0 saturated heterocycles. The van der Waals surface area contributed by atoms with Crippen molar-refractivity contribution < 1.29 is 0 Å². The quantitative estimate of drug-likeness (QED) is 0.244. The molecule has 13 heavy (non-hydrogen) atoms. The third-order valence-corrected chi connectivity index (χ3v) is 2.53. The van der Waals surface area contributed by atoms with Crippen molar-refractivity contribution >= 4 is 11.8 Å². The molecule has 0 radical (unpaired) electrons. The van der Waals surface area contributed by atoms with E-state index in [1.807, 2.05) is 24.7 Å². The lowest BCUT2D eigenvalue weighted by Crippen LogP contribution is -1.93. The van der Waals surface area contributed by atoms with Gasteiger partial charge in [0.15, 0.2) is 0 Å². The summed E-state index contributed by atoms with van der Waals surface area (Å²) in [5.74, 6) is 0.795. The first-order valence-corrected chi connectivity index (χ1v) is 4.87. The molecule has 0 atom stereocenters. The Bertz CT molecular complexity index is 326. The van der Waals surface area contributed by atoms with E-state index in [1.165, 1.54) is 0 Å². The molecule has 0 bridgehead atoms. The zero-order chi connectivity index (χ0) is 9.68. The van der Waals surface area contributed by atoms with Gasteiger partial charge < -0.3 is 0 Å². The fourth-order valence-electron chi connectivity index (χ4n) is 0.958. The van der Waals surface area contributed by atoms with Crippen LogP contribution in [0.3, 0.4) is 0 Å². The van der Waals surface area contributed by atoms with Crippen molar-refractivity contribution in [2.75, 3.05) is 12.3 Å². The Morgan fingerprint density at radius 3 is 3.08 bits per heavy atom. The van der Waals surface area contributed by atoms with Gasteiger partial charge in [-0.25, -0.2) is 0 Å². The molecule has 0 fully saturated rings. The van der Waals surface area contributed by atoms with Crippen molar-refractivity contribution in [3.63, 3.8) is 0 Å². The maximum Gasteiger partial charge on any atom is 0.0939 e. The topological polar surface area (TPSA) is 66.6 Å². The molecule has 0 N–H and O–H groups in total. The molecule has 1 rings (SSSR count). The monoisotopic (exact) mass is 197 g/mol. The van der Waals surface area contributed by atoms with Crippen LogP contribution in [-0.4, -0.2) is 22.1 Å². The molecule has 0 aromatic carbocycles. The van der Waals surface area contributed by atoms with E-state index in [0.717, 1.165) is 16.5 Å². The van der Waals surface area contributed by atoms with Gasteiger partial charge in [0.1, 0.15) is 0 Å². The van der Waals surface area contributed by atoms with Crippen molar-refractivity contribution in [1.82, 2.24) is 9.78 Å². The van der Waals surface area contributed by atoms with Gasteiger partial charge in [0.05, 0.1) is 10.7 Å². The summed E-state index contributed by atoms with van der Waals surface area (Å²) in [6.07, 6.45) is 0. The maximum absolute atomic E-state index is 8.05. The summed E-state index contributed by atoms with van der Waals surface area (Å²) in [5, 5.41) is 8.76. The van der Waals surface area contributed by atoms with Crippen LogP contribution in [0.2, 0.25) is 0 Å². The SMILES string of the molecule is Cc1cc(SCCN=[N+]=[N-])n(C)n1. The molecule has 0 aliphatic rings. The Hall–Kier alpha value is -1.13. The zero-order valence-electron chi connectivity index (χ0n) is 7.64. The van der Waals surface area contributed by atoms with Crippen LogP contribution in [0.25, 0.3) is 10.4 Å². The second-order valence-electron chi connectivity index (χ2n) is 2.55. The zero-order valence-corrected chi connectivity index (χ0v) is 8.45. The summed E-state index contributed by atoms with van der Waals surface area (Å²) in [7, 11) is 1.91. The largest absolute Gasteiger partial charge is 0.262 e. The molecule has 5 nitrogen and oxygen atoms in total. The molecule has 0 aliphatic carbocycles. The predicted molar refractivity (Wildman–Crippen MR) is 52.7 cm³/mol. The van der Waals surface area contributed by atoms with Gasteiger partial charge in [-0.15, -0.1) is 11.8 Å². The second kappa shape index (κ2) is 4.79. The molecule has 1 aromatic rings. The Balaban J connectivity index is 2.44. The summed E-state index contributed by atoms with van der Waals surface area (Å²) >= 11 is 1.64. The van der Waals surface area contributed by atoms with Crippen molar-refractivity contribution in [2.45, 2.75) is 11.9 Å². The summed E-state index contributed by atoms with van der Waals surface area (Å²) in [4.78, 5) is 2.68. The van der Waals surface area contributed by atoms with Crippen LogP contribution in [0.4, 0.5) is 0 Å². The molecule has 0 spiro atoms. The predicted octanol–water partition coefficient (Wildman–Crippen LogP) is 2.13. The maximum atomic E-state index is 8.05. The standard InChI is InChI=1S/C7H11N5S/c1-6-5-7(12(2)10-6)13-4-3-9-11-8/h5H,3-4H2,1-2H3. The average molecular weight is 197 g/mol. The van der Waals surface area contributed by atoms with Crippen molar-refractivity contribution in [3.8, 4) is 0 Å². The van der Waals surface area contributed by atoms with E-state index in [0.29, 0.717) is 6.54 Å². The normalized spacial score (nSPS) is 9.69. The minimum absolute atomic E-state index is 0.519. The molecule has 70 valence electrons. The van der Waals surface area contributed by atoms with E-state index in [-0.39, 0.29) is 0 Å². The first kappa shape index (κ1) is 9.95. The summed E-state index contributed by atoms with van der Waals surface area (Å²) in [6.45, 7) is 2.48. The second-order valence-corrected chi connectivity index (χ2v) is 3.67. The number of thioether (sulfide) groups is 1. The number of rotatable bonds is 4. The number of aryl methyl sites for hydroxylation is 2. The summed E-state index contributed by atoms with van der Waals surface area (Å²) < 4.78 is 1.83. The lowest BCUT2D eigenvalue weighted by Gasteiger charge is -1.97. The van der Waals surface area contributed by atoms with Crippen LogP contribution in [-0.2, 0) is 7.05 Å². The molecule has 0 saturated carbocycles. The Morgan fingerprint density at radius 2 is 2.54 bits per heavy atom. The third kappa shape index (κ3) is 3.01. The lowest BCUT2D eigenvalue weighted by atomic mass is 10.5. The fraction of sp³-hybridized carbons (Fsp3) is 0.571. The molecule has 1 aromatic heterocycles. The Morgan fingerprint density at radius 1 is 1.77 bits per heavy atom. The lowest BCUT2D eigenvalue weighted by molar-refractivity contribution is 0.692. The summed E-state index contributed by atoms with van der Waals surface area (Å²) in [5.41, 5.74) is 9.06. The first-order valence-electron chi connectivity index (χ1n) is 3.88. The molecule has 0 unspecified atom stereocenters. The van der Waals surface area contributed by atoms with E-state index < -0.39 is 0 Å². The number of nitrogens with zero attached hydrogens (tertiary/aromatic N) is 5. The van der Waals surface area contributed by atoms with Gasteiger partial charge >= 0.3 is 0 Å². The van der Waals surface area contributed by atoms with E-state index in [4.69, 9.17) is 5.53 Å². The molecule has 0 aliphatic heterocycles. The first-order chi connectivity index (χ1) is 6.24. The van der Waals surface area contributed by atoms with Gasteiger partial charge in [-0.2, -0.15) is 5.10 Å². The van der Waals surface area contributed by atoms with Gasteiger partial charge in [0.2, 0.25) is 0 Å². The van der Waals surface area contributed by atoms with Crippen LogP contribution in [0.5, 0.6) is 0 Å². The van der Waals surface area contributed by atoms with Crippen LogP contribution >= 0.6 is 11.8 Å². The average Bonchev–Trinajstić information content (AvgIpc) is 2.39. The highest BCUT2D eigenvalue weighted by Gasteiger charge is 2.00. The minimum atomic E-state index is 0.519. The Labute approximate surface area is 80.8 Å². The van der Waals surface area contributed by atoms with Gasteiger partial charge in [-0.1, -0.05) is 5.11 Å². The highest BCUT2D eigenvalue weighted by atomic mass is 32.2. The van der Waals surface area contributed by atoms with Gasteiger partial charge in [-0.3, -0.25) is 4.68 Å². The van der Waals surface area contributed by atoms with Gasteiger partial charge in [0.25, 0.3) is 0 Å². The van der Waals surface area contributed by atoms with Crippen LogP contribution in [0.1, 0.15) is 5.69 Å². The number of aromatic nitrogens is 2. The third-order valence-electron chi connectivity index (χ3n) is 1.46.